The van der Waals surface area contributed by atoms with Crippen LogP contribution in [0.2, 0.25) is 0 Å². The van der Waals surface area contributed by atoms with Crippen LogP contribution in [-0.4, -0.2) is 19.7 Å². The Hall–Kier alpha value is -0.830. The number of carbonyl (C=O) groups is 1. The normalized spacial score (nSPS) is 11.5. The van der Waals surface area contributed by atoms with Crippen LogP contribution in [-0.2, 0) is 14.3 Å². The van der Waals surface area contributed by atoms with E-state index in [4.69, 9.17) is 9.47 Å². The Morgan fingerprint density at radius 1 is 1.12 bits per heavy atom. The molecule has 0 amide bonds. The quantitative estimate of drug-likeness (QED) is 0.179. The van der Waals surface area contributed by atoms with Gasteiger partial charge in [0.1, 0.15) is 0 Å². The summed E-state index contributed by atoms with van der Waals surface area (Å²) in [6.45, 7) is 5.05. The predicted octanol–water partition coefficient (Wildman–Crippen LogP) is 3.44. The van der Waals surface area contributed by atoms with Gasteiger partial charge in [0.2, 0.25) is 0 Å². The fourth-order valence-corrected chi connectivity index (χ4v) is 1.32. The van der Waals surface area contributed by atoms with Crippen molar-refractivity contribution in [1.29, 1.82) is 0 Å². The summed E-state index contributed by atoms with van der Waals surface area (Å²) in [4.78, 5) is 10.5. The SMILES string of the molecule is CCC=C(C=O)OCOCCCCCCC. The van der Waals surface area contributed by atoms with Crippen molar-refractivity contribution in [2.75, 3.05) is 13.4 Å². The molecule has 94 valence electrons. The van der Waals surface area contributed by atoms with Crippen molar-refractivity contribution >= 4 is 6.29 Å². The third kappa shape index (κ3) is 9.71. The Labute approximate surface area is 98.8 Å². The second-order valence-corrected chi connectivity index (χ2v) is 3.72. The van der Waals surface area contributed by atoms with E-state index >= 15 is 0 Å². The van der Waals surface area contributed by atoms with Crippen LogP contribution >= 0.6 is 0 Å². The zero-order valence-electron chi connectivity index (χ0n) is 10.5. The van der Waals surface area contributed by atoms with Gasteiger partial charge >= 0.3 is 0 Å². The zero-order valence-corrected chi connectivity index (χ0v) is 10.5. The van der Waals surface area contributed by atoms with Crippen LogP contribution in [0, 0.1) is 0 Å². The smallest absolute Gasteiger partial charge is 0.189 e. The molecule has 3 nitrogen and oxygen atoms in total. The number of ether oxygens (including phenoxy) is 2. The zero-order chi connectivity index (χ0) is 12.1. The summed E-state index contributed by atoms with van der Waals surface area (Å²) in [5, 5.41) is 0. The number of aldehydes is 1. The lowest BCUT2D eigenvalue weighted by molar-refractivity contribution is -0.111. The van der Waals surface area contributed by atoms with Crippen molar-refractivity contribution in [3.8, 4) is 0 Å². The van der Waals surface area contributed by atoms with Gasteiger partial charge < -0.3 is 9.47 Å². The first kappa shape index (κ1) is 15.2. The summed E-state index contributed by atoms with van der Waals surface area (Å²) in [5.74, 6) is 0.369. The Bertz CT molecular complexity index is 188. The van der Waals surface area contributed by atoms with Crippen LogP contribution in [0.25, 0.3) is 0 Å². The van der Waals surface area contributed by atoms with E-state index in [1.54, 1.807) is 6.08 Å². The molecule has 0 aromatic rings. The molecule has 16 heavy (non-hydrogen) atoms. The standard InChI is InChI=1S/C13H24O3/c1-3-5-6-7-8-10-15-12-16-13(11-14)9-4-2/h9,11H,3-8,10,12H2,1-2H3. The Balaban J connectivity index is 3.26. The van der Waals surface area contributed by atoms with E-state index in [1.165, 1.54) is 25.7 Å². The maximum absolute atomic E-state index is 10.5. The summed E-state index contributed by atoms with van der Waals surface area (Å²) in [5.41, 5.74) is 0. The number of hydrogen-bond donors (Lipinski definition) is 0. The van der Waals surface area contributed by atoms with Gasteiger partial charge in [-0.1, -0.05) is 39.5 Å². The number of carbonyl (C=O) groups excluding carboxylic acids is 1. The lowest BCUT2D eigenvalue weighted by atomic mass is 10.2. The highest BCUT2D eigenvalue weighted by Crippen LogP contribution is 2.02. The van der Waals surface area contributed by atoms with Crippen molar-refractivity contribution in [3.63, 3.8) is 0 Å². The van der Waals surface area contributed by atoms with Gasteiger partial charge in [0.25, 0.3) is 0 Å². The first-order chi connectivity index (χ1) is 7.85. The summed E-state index contributed by atoms with van der Waals surface area (Å²) in [7, 11) is 0. The minimum atomic E-state index is 0.179. The molecule has 0 saturated heterocycles. The molecular formula is C13H24O3. The van der Waals surface area contributed by atoms with E-state index in [0.29, 0.717) is 18.7 Å². The van der Waals surface area contributed by atoms with Crippen LogP contribution in [0.1, 0.15) is 52.4 Å². The van der Waals surface area contributed by atoms with Gasteiger partial charge in [-0.15, -0.1) is 0 Å². The van der Waals surface area contributed by atoms with Gasteiger partial charge in [0.15, 0.2) is 18.8 Å². The van der Waals surface area contributed by atoms with Crippen molar-refractivity contribution in [2.24, 2.45) is 0 Å². The van der Waals surface area contributed by atoms with E-state index in [-0.39, 0.29) is 6.79 Å². The second-order valence-electron chi connectivity index (χ2n) is 3.72. The van der Waals surface area contributed by atoms with Crippen LogP contribution in [0.15, 0.2) is 11.8 Å². The number of rotatable bonds is 11. The van der Waals surface area contributed by atoms with Crippen molar-refractivity contribution < 1.29 is 14.3 Å². The molecule has 3 heteroatoms. The molecule has 0 atom stereocenters. The number of hydrogen-bond acceptors (Lipinski definition) is 3. The number of unbranched alkanes of at least 4 members (excludes halogenated alkanes) is 4. The molecule has 0 rings (SSSR count). The fraction of sp³-hybridized carbons (Fsp3) is 0.769. The molecule has 0 aliphatic rings. The van der Waals surface area contributed by atoms with Gasteiger partial charge in [-0.2, -0.15) is 0 Å². The Morgan fingerprint density at radius 2 is 1.88 bits per heavy atom. The van der Waals surface area contributed by atoms with Crippen molar-refractivity contribution in [2.45, 2.75) is 52.4 Å². The van der Waals surface area contributed by atoms with Gasteiger partial charge in [0.05, 0.1) is 6.61 Å². The van der Waals surface area contributed by atoms with Gasteiger partial charge in [-0.05, 0) is 18.9 Å². The highest BCUT2D eigenvalue weighted by Gasteiger charge is 1.95. The van der Waals surface area contributed by atoms with Crippen LogP contribution < -0.4 is 0 Å². The van der Waals surface area contributed by atoms with Crippen LogP contribution in [0.3, 0.4) is 0 Å². The molecule has 0 N–H and O–H groups in total. The van der Waals surface area contributed by atoms with Crippen LogP contribution in [0.4, 0.5) is 0 Å². The highest BCUT2D eigenvalue weighted by molar-refractivity contribution is 5.69. The van der Waals surface area contributed by atoms with Crippen molar-refractivity contribution in [3.05, 3.63) is 11.8 Å². The van der Waals surface area contributed by atoms with Crippen molar-refractivity contribution in [1.82, 2.24) is 0 Å². The largest absolute Gasteiger partial charge is 0.464 e. The van der Waals surface area contributed by atoms with Gasteiger partial charge in [0, 0.05) is 0 Å². The monoisotopic (exact) mass is 228 g/mol. The topological polar surface area (TPSA) is 35.5 Å². The second kappa shape index (κ2) is 12.2. The lowest BCUT2D eigenvalue weighted by Gasteiger charge is -2.06. The Kier molecular flexibility index (Phi) is 11.6. The molecule has 0 aromatic carbocycles. The van der Waals surface area contributed by atoms with E-state index < -0.39 is 0 Å². The molecule has 0 aromatic heterocycles. The molecule has 0 radical (unpaired) electrons. The van der Waals surface area contributed by atoms with Crippen LogP contribution in [0.5, 0.6) is 0 Å². The number of allylic oxidation sites excluding steroid dienone is 2. The Morgan fingerprint density at radius 3 is 2.50 bits per heavy atom. The van der Waals surface area contributed by atoms with Gasteiger partial charge in [-0.3, -0.25) is 4.79 Å². The molecule has 0 aliphatic carbocycles. The molecule has 0 unspecified atom stereocenters. The first-order valence-electron chi connectivity index (χ1n) is 6.21. The molecule has 0 fully saturated rings. The molecular weight excluding hydrogens is 204 g/mol. The van der Waals surface area contributed by atoms with E-state index in [1.807, 2.05) is 6.92 Å². The predicted molar refractivity (Wildman–Crippen MR) is 65.1 cm³/mol. The fourth-order valence-electron chi connectivity index (χ4n) is 1.32. The highest BCUT2D eigenvalue weighted by atomic mass is 16.7. The summed E-state index contributed by atoms with van der Waals surface area (Å²) < 4.78 is 10.4. The molecule has 0 aliphatic heterocycles. The molecule has 0 heterocycles. The third-order valence-electron chi connectivity index (χ3n) is 2.22. The van der Waals surface area contributed by atoms with Gasteiger partial charge in [-0.25, -0.2) is 0 Å². The molecule has 0 bridgehead atoms. The average Bonchev–Trinajstić information content (AvgIpc) is 2.31. The minimum absolute atomic E-state index is 0.179. The van der Waals surface area contributed by atoms with E-state index in [9.17, 15) is 4.79 Å². The third-order valence-corrected chi connectivity index (χ3v) is 2.22. The summed E-state index contributed by atoms with van der Waals surface area (Å²) >= 11 is 0. The maximum atomic E-state index is 10.5. The lowest BCUT2D eigenvalue weighted by Crippen LogP contribution is -2.02. The van der Waals surface area contributed by atoms with E-state index in [0.717, 1.165) is 12.8 Å². The van der Waals surface area contributed by atoms with E-state index in [2.05, 4.69) is 6.92 Å². The average molecular weight is 228 g/mol. The summed E-state index contributed by atoms with van der Waals surface area (Å²) in [6, 6.07) is 0. The molecule has 0 saturated carbocycles. The minimum Gasteiger partial charge on any atom is -0.464 e. The first-order valence-corrected chi connectivity index (χ1v) is 6.21. The summed E-state index contributed by atoms with van der Waals surface area (Å²) in [6.07, 6.45) is 9.36. The molecule has 0 spiro atoms. The maximum Gasteiger partial charge on any atom is 0.189 e.